The third-order valence-corrected chi connectivity index (χ3v) is 1.53. The van der Waals surface area contributed by atoms with Crippen molar-refractivity contribution in [2.75, 3.05) is 25.1 Å². The fraction of sp³-hybridized carbons (Fsp3) is 0.273. The van der Waals surface area contributed by atoms with Crippen molar-refractivity contribution in [3.05, 3.63) is 30.3 Å². The Bertz CT molecular complexity index is 263. The van der Waals surface area contributed by atoms with Gasteiger partial charge in [0.2, 0.25) is 0 Å². The Morgan fingerprint density at radius 1 is 1.31 bits per heavy atom. The van der Waals surface area contributed by atoms with E-state index in [9.17, 15) is 0 Å². The van der Waals surface area contributed by atoms with Gasteiger partial charge in [-0.25, -0.2) is 0 Å². The molecule has 1 aromatic carbocycles. The maximum atomic E-state index is 5.11. The monoisotopic (exact) mass is 175 g/mol. The predicted octanol–water partition coefficient (Wildman–Crippen LogP) is 1.75. The topological polar surface area (TPSA) is 21.3 Å². The Hall–Kier alpha value is -1.46. The quantitative estimate of drug-likeness (QED) is 0.543. The molecule has 0 unspecified atom stereocenters. The van der Waals surface area contributed by atoms with Crippen LogP contribution in [0.2, 0.25) is 0 Å². The van der Waals surface area contributed by atoms with E-state index in [0.29, 0.717) is 13.2 Å². The van der Waals surface area contributed by atoms with Gasteiger partial charge in [0.1, 0.15) is 6.61 Å². The zero-order chi connectivity index (χ0) is 9.36. The molecule has 2 nitrogen and oxygen atoms in total. The van der Waals surface area contributed by atoms with E-state index in [1.807, 2.05) is 30.3 Å². The van der Waals surface area contributed by atoms with E-state index in [0.717, 1.165) is 12.2 Å². The van der Waals surface area contributed by atoms with Crippen LogP contribution in [0.15, 0.2) is 30.3 Å². The zero-order valence-electron chi connectivity index (χ0n) is 7.49. The molecule has 2 heteroatoms. The predicted molar refractivity (Wildman–Crippen MR) is 54.6 cm³/mol. The molecule has 68 valence electrons. The number of nitrogens with one attached hydrogen (secondary N) is 1. The van der Waals surface area contributed by atoms with Gasteiger partial charge in [-0.3, -0.25) is 0 Å². The van der Waals surface area contributed by atoms with E-state index in [1.54, 1.807) is 0 Å². The second-order valence-electron chi connectivity index (χ2n) is 2.55. The summed E-state index contributed by atoms with van der Waals surface area (Å²) < 4.78 is 5.11. The number of hydrogen-bond donors (Lipinski definition) is 1. The Balaban J connectivity index is 2.11. The van der Waals surface area contributed by atoms with Crippen molar-refractivity contribution >= 4 is 5.69 Å². The second-order valence-corrected chi connectivity index (χ2v) is 2.55. The first-order chi connectivity index (χ1) is 6.43. The van der Waals surface area contributed by atoms with Crippen LogP contribution < -0.4 is 5.32 Å². The molecule has 0 saturated carbocycles. The fourth-order valence-electron chi connectivity index (χ4n) is 0.955. The third kappa shape index (κ3) is 4.19. The minimum Gasteiger partial charge on any atom is -0.383 e. The van der Waals surface area contributed by atoms with Gasteiger partial charge < -0.3 is 10.1 Å². The molecule has 0 fully saturated rings. The molecular weight excluding hydrogens is 162 g/mol. The van der Waals surface area contributed by atoms with Crippen LogP contribution in [0.4, 0.5) is 5.69 Å². The Morgan fingerprint density at radius 2 is 2.08 bits per heavy atom. The number of hydrogen-bond acceptors (Lipinski definition) is 2. The Morgan fingerprint density at radius 3 is 2.77 bits per heavy atom. The highest BCUT2D eigenvalue weighted by Gasteiger charge is 1.88. The number of ether oxygens (including phenoxy) is 1. The minimum atomic E-state index is 0.385. The van der Waals surface area contributed by atoms with Gasteiger partial charge in [0.15, 0.2) is 0 Å². The molecule has 0 bridgehead atoms. The first kappa shape index (κ1) is 9.63. The van der Waals surface area contributed by atoms with Crippen LogP contribution >= 0.6 is 0 Å². The van der Waals surface area contributed by atoms with Crippen LogP contribution in [0.25, 0.3) is 0 Å². The maximum absolute atomic E-state index is 5.11. The van der Waals surface area contributed by atoms with E-state index < -0.39 is 0 Å². The van der Waals surface area contributed by atoms with Crippen molar-refractivity contribution < 1.29 is 4.74 Å². The number of benzene rings is 1. The van der Waals surface area contributed by atoms with Crippen LogP contribution in [0.5, 0.6) is 0 Å². The summed E-state index contributed by atoms with van der Waals surface area (Å²) in [6.07, 6.45) is 5.03. The SMILES string of the molecule is C#CCOCCNc1ccccc1. The standard InChI is InChI=1S/C11H13NO/c1-2-9-13-10-8-12-11-6-4-3-5-7-11/h1,3-7,12H,8-10H2. The average molecular weight is 175 g/mol. The average Bonchev–Trinajstić information content (AvgIpc) is 2.19. The Labute approximate surface area is 78.9 Å². The number of rotatable bonds is 5. The first-order valence-electron chi connectivity index (χ1n) is 4.23. The molecule has 0 aliphatic carbocycles. The van der Waals surface area contributed by atoms with Crippen molar-refractivity contribution in [3.63, 3.8) is 0 Å². The third-order valence-electron chi connectivity index (χ3n) is 1.53. The molecular formula is C11H13NO. The van der Waals surface area contributed by atoms with Crippen LogP contribution in [0, 0.1) is 12.3 Å². The van der Waals surface area contributed by atoms with Crippen molar-refractivity contribution in [1.82, 2.24) is 0 Å². The van der Waals surface area contributed by atoms with Gasteiger partial charge in [0.25, 0.3) is 0 Å². The molecule has 0 atom stereocenters. The highest BCUT2D eigenvalue weighted by atomic mass is 16.5. The molecule has 13 heavy (non-hydrogen) atoms. The second kappa shape index (κ2) is 6.10. The zero-order valence-corrected chi connectivity index (χ0v) is 7.49. The van der Waals surface area contributed by atoms with Gasteiger partial charge >= 0.3 is 0 Å². The summed E-state index contributed by atoms with van der Waals surface area (Å²) in [5, 5.41) is 3.21. The summed E-state index contributed by atoms with van der Waals surface area (Å²) in [6.45, 7) is 1.81. The van der Waals surface area contributed by atoms with Crippen LogP contribution in [0.3, 0.4) is 0 Å². The number of terminal acetylenes is 1. The summed E-state index contributed by atoms with van der Waals surface area (Å²) in [5.41, 5.74) is 1.10. The van der Waals surface area contributed by atoms with E-state index in [-0.39, 0.29) is 0 Å². The largest absolute Gasteiger partial charge is 0.383 e. The number of para-hydroxylation sites is 1. The van der Waals surface area contributed by atoms with Gasteiger partial charge in [-0.2, -0.15) is 0 Å². The Kier molecular flexibility index (Phi) is 4.52. The molecule has 1 aromatic rings. The van der Waals surface area contributed by atoms with Crippen LogP contribution in [-0.4, -0.2) is 19.8 Å². The summed E-state index contributed by atoms with van der Waals surface area (Å²) in [6, 6.07) is 10.00. The summed E-state index contributed by atoms with van der Waals surface area (Å²) in [4.78, 5) is 0. The highest BCUT2D eigenvalue weighted by molar-refractivity contribution is 5.42. The van der Waals surface area contributed by atoms with Gasteiger partial charge in [0, 0.05) is 12.2 Å². The van der Waals surface area contributed by atoms with Crippen molar-refractivity contribution in [1.29, 1.82) is 0 Å². The van der Waals surface area contributed by atoms with Crippen molar-refractivity contribution in [3.8, 4) is 12.3 Å². The molecule has 0 spiro atoms. The van der Waals surface area contributed by atoms with E-state index in [4.69, 9.17) is 11.2 Å². The van der Waals surface area contributed by atoms with Crippen LogP contribution in [0.1, 0.15) is 0 Å². The van der Waals surface area contributed by atoms with E-state index in [2.05, 4.69) is 11.2 Å². The molecule has 0 radical (unpaired) electrons. The molecule has 1 rings (SSSR count). The van der Waals surface area contributed by atoms with Gasteiger partial charge in [-0.1, -0.05) is 24.1 Å². The highest BCUT2D eigenvalue weighted by Crippen LogP contribution is 2.03. The summed E-state index contributed by atoms with van der Waals surface area (Å²) >= 11 is 0. The molecule has 0 aliphatic heterocycles. The van der Waals surface area contributed by atoms with Gasteiger partial charge in [0.05, 0.1) is 6.61 Å². The lowest BCUT2D eigenvalue weighted by molar-refractivity contribution is 0.178. The normalized spacial score (nSPS) is 9.15. The minimum absolute atomic E-state index is 0.385. The molecule has 0 amide bonds. The maximum Gasteiger partial charge on any atom is 0.107 e. The number of anilines is 1. The van der Waals surface area contributed by atoms with E-state index >= 15 is 0 Å². The molecule has 0 aromatic heterocycles. The molecule has 0 saturated heterocycles. The lowest BCUT2D eigenvalue weighted by atomic mass is 10.3. The van der Waals surface area contributed by atoms with Crippen molar-refractivity contribution in [2.45, 2.75) is 0 Å². The first-order valence-corrected chi connectivity index (χ1v) is 4.23. The molecule has 0 aliphatic rings. The van der Waals surface area contributed by atoms with Crippen molar-refractivity contribution in [2.24, 2.45) is 0 Å². The van der Waals surface area contributed by atoms with E-state index in [1.165, 1.54) is 0 Å². The fourth-order valence-corrected chi connectivity index (χ4v) is 0.955. The summed E-state index contributed by atoms with van der Waals surface area (Å²) in [5.74, 6) is 2.42. The lowest BCUT2D eigenvalue weighted by Gasteiger charge is -2.04. The summed E-state index contributed by atoms with van der Waals surface area (Å²) in [7, 11) is 0. The van der Waals surface area contributed by atoms with Gasteiger partial charge in [-0.05, 0) is 12.1 Å². The molecule has 1 N–H and O–H groups in total. The smallest absolute Gasteiger partial charge is 0.107 e. The van der Waals surface area contributed by atoms with Crippen LogP contribution in [-0.2, 0) is 4.74 Å². The molecule has 0 heterocycles. The lowest BCUT2D eigenvalue weighted by Crippen LogP contribution is -2.09. The van der Waals surface area contributed by atoms with Gasteiger partial charge in [-0.15, -0.1) is 6.42 Å².